The predicted octanol–water partition coefficient (Wildman–Crippen LogP) is 3.97. The monoisotopic (exact) mass is 561 g/mol. The second kappa shape index (κ2) is 13.6. The van der Waals surface area contributed by atoms with Crippen molar-refractivity contribution in [3.63, 3.8) is 0 Å². The number of aliphatic hydroxyl groups is 1. The summed E-state index contributed by atoms with van der Waals surface area (Å²) >= 11 is 3.94. The third kappa shape index (κ3) is 7.92. The first-order valence-corrected chi connectivity index (χ1v) is 13.3. The molecule has 3 rings (SSSR count). The summed E-state index contributed by atoms with van der Waals surface area (Å²) in [6.45, 7) is 2.80. The number of halogens is 1. The van der Waals surface area contributed by atoms with Gasteiger partial charge in [0.05, 0.1) is 16.8 Å². The van der Waals surface area contributed by atoms with Crippen molar-refractivity contribution in [2.75, 3.05) is 31.0 Å². The Morgan fingerprint density at radius 1 is 1.16 bits per heavy atom. The van der Waals surface area contributed by atoms with Gasteiger partial charge < -0.3 is 34.2 Å². The van der Waals surface area contributed by atoms with Crippen molar-refractivity contribution in [2.24, 2.45) is 0 Å². The van der Waals surface area contributed by atoms with E-state index in [4.69, 9.17) is 21.4 Å². The minimum Gasteiger partial charge on any atom is -0.755 e. The zero-order chi connectivity index (χ0) is 27.8. The Labute approximate surface area is 229 Å². The first kappa shape index (κ1) is 29.4. The fourth-order valence-electron chi connectivity index (χ4n) is 3.86. The Morgan fingerprint density at radius 3 is 2.50 bits per heavy atom. The molecule has 0 heterocycles. The molecule has 0 aliphatic heterocycles. The highest BCUT2D eigenvalue weighted by Crippen LogP contribution is 2.34. The van der Waals surface area contributed by atoms with Crippen LogP contribution in [0.2, 0.25) is 5.02 Å². The minimum absolute atomic E-state index is 0.0703. The highest BCUT2D eigenvalue weighted by atomic mass is 35.5. The van der Waals surface area contributed by atoms with E-state index in [1.54, 1.807) is 0 Å². The van der Waals surface area contributed by atoms with Gasteiger partial charge >= 0.3 is 5.97 Å². The van der Waals surface area contributed by atoms with Crippen molar-refractivity contribution < 1.29 is 33.6 Å². The van der Waals surface area contributed by atoms with Crippen LogP contribution in [-0.4, -0.2) is 56.8 Å². The molecule has 0 amide bonds. The largest absolute Gasteiger partial charge is 0.755 e. The molecular formula is C27H30ClN2O7S-. The number of carboxylic acids is 1. The number of ether oxygens (including phenoxy) is 1. The zero-order valence-electron chi connectivity index (χ0n) is 21.0. The van der Waals surface area contributed by atoms with Gasteiger partial charge in [-0.25, -0.2) is 0 Å². The first-order valence-electron chi connectivity index (χ1n) is 11.9. The van der Waals surface area contributed by atoms with Gasteiger partial charge in [0.1, 0.15) is 18.1 Å². The molecule has 3 aromatic carbocycles. The summed E-state index contributed by atoms with van der Waals surface area (Å²) in [5.41, 5.74) is 4.22. The highest BCUT2D eigenvalue weighted by Gasteiger charge is 2.14. The molecule has 0 saturated carbocycles. The van der Waals surface area contributed by atoms with Gasteiger partial charge in [-0.2, -0.15) is 0 Å². The lowest BCUT2D eigenvalue weighted by molar-refractivity contribution is -0.136. The summed E-state index contributed by atoms with van der Waals surface area (Å²) in [5.74, 6) is -0.470. The van der Waals surface area contributed by atoms with Crippen LogP contribution in [0.1, 0.15) is 29.2 Å². The maximum atomic E-state index is 11.2. The molecule has 0 bridgehead atoms. The van der Waals surface area contributed by atoms with Gasteiger partial charge in [0.15, 0.2) is 0 Å². The number of phenolic OH excluding ortho intramolecular Hbond substituents is 1. The standard InChI is InChI=1S/C27H31ClN2O7S/c1-17-13-21(19-6-3-18(4-7-19)5-10-26(33)34)14-22(28)27(17)37-12-11-29-16-25(32)20-8-9-24(31)23(15-20)30(2)38(35)36/h3-4,6-9,13-15,25,29,31-32H,5,10-12,16H2,1-2H3,(H,33,34)(H,35,36)/p-1. The molecule has 0 saturated heterocycles. The Kier molecular flexibility index (Phi) is 10.5. The number of carbonyl (C=O) groups is 1. The molecule has 11 heteroatoms. The molecule has 38 heavy (non-hydrogen) atoms. The molecule has 0 aromatic heterocycles. The first-order chi connectivity index (χ1) is 18.1. The third-order valence-electron chi connectivity index (χ3n) is 5.95. The fourth-order valence-corrected chi connectivity index (χ4v) is 4.49. The van der Waals surface area contributed by atoms with Crippen LogP contribution in [-0.2, 0) is 22.5 Å². The maximum Gasteiger partial charge on any atom is 0.303 e. The van der Waals surface area contributed by atoms with Crippen molar-refractivity contribution in [2.45, 2.75) is 25.9 Å². The number of rotatable bonds is 13. The third-order valence-corrected chi connectivity index (χ3v) is 6.88. The van der Waals surface area contributed by atoms with E-state index < -0.39 is 23.3 Å². The van der Waals surface area contributed by atoms with Gasteiger partial charge in [-0.1, -0.05) is 41.9 Å². The number of benzene rings is 3. The van der Waals surface area contributed by atoms with Gasteiger partial charge in [0.2, 0.25) is 0 Å². The predicted molar refractivity (Wildman–Crippen MR) is 146 cm³/mol. The van der Waals surface area contributed by atoms with Gasteiger partial charge in [-0.05, 0) is 65.4 Å². The quantitative estimate of drug-likeness (QED) is 0.181. The van der Waals surface area contributed by atoms with Crippen LogP contribution in [0, 0.1) is 6.92 Å². The zero-order valence-corrected chi connectivity index (χ0v) is 22.6. The number of nitrogens with one attached hydrogen (secondary N) is 1. The Balaban J connectivity index is 1.53. The van der Waals surface area contributed by atoms with Crippen LogP contribution < -0.4 is 14.4 Å². The number of anilines is 1. The molecular weight excluding hydrogens is 532 g/mol. The van der Waals surface area contributed by atoms with Crippen LogP contribution in [0.3, 0.4) is 0 Å². The van der Waals surface area contributed by atoms with Crippen LogP contribution in [0.4, 0.5) is 5.69 Å². The van der Waals surface area contributed by atoms with Gasteiger partial charge in [-0.3, -0.25) is 9.00 Å². The van der Waals surface area contributed by atoms with Gasteiger partial charge in [0.25, 0.3) is 0 Å². The van der Waals surface area contributed by atoms with Crippen molar-refractivity contribution in [3.05, 3.63) is 76.3 Å². The van der Waals surface area contributed by atoms with E-state index in [2.05, 4.69) is 5.32 Å². The molecule has 204 valence electrons. The van der Waals surface area contributed by atoms with Crippen molar-refractivity contribution >= 4 is 34.5 Å². The number of carboxylic acid groups (broad SMARTS) is 1. The second-order valence-corrected chi connectivity index (χ2v) is 10.1. The number of aliphatic hydroxyl groups excluding tert-OH is 1. The molecule has 0 radical (unpaired) electrons. The molecule has 0 aliphatic rings. The number of aryl methyl sites for hydroxylation is 2. The number of nitrogens with zero attached hydrogens (tertiary/aromatic N) is 1. The number of aliphatic carboxylic acids is 1. The molecule has 2 atom stereocenters. The molecule has 4 N–H and O–H groups in total. The fraction of sp³-hybridized carbons (Fsp3) is 0.296. The van der Waals surface area contributed by atoms with E-state index in [-0.39, 0.29) is 24.4 Å². The maximum absolute atomic E-state index is 11.2. The summed E-state index contributed by atoms with van der Waals surface area (Å²) in [5, 5.41) is 32.8. The molecule has 0 aliphatic carbocycles. The average molecular weight is 562 g/mol. The lowest BCUT2D eigenvalue weighted by Gasteiger charge is -2.23. The van der Waals surface area contributed by atoms with E-state index in [0.717, 1.165) is 26.6 Å². The number of hydrogen-bond donors (Lipinski definition) is 4. The summed E-state index contributed by atoms with van der Waals surface area (Å²) in [6.07, 6.45) is -0.363. The molecule has 0 fully saturated rings. The normalized spacial score (nSPS) is 12.7. The van der Waals surface area contributed by atoms with E-state index in [1.165, 1.54) is 25.2 Å². The van der Waals surface area contributed by atoms with Crippen LogP contribution in [0.15, 0.2) is 54.6 Å². The minimum atomic E-state index is -2.56. The summed E-state index contributed by atoms with van der Waals surface area (Å²) in [7, 11) is 1.30. The van der Waals surface area contributed by atoms with E-state index >= 15 is 0 Å². The Hall–Kier alpha value is -3.15. The summed E-state index contributed by atoms with van der Waals surface area (Å²) < 4.78 is 29.1. The average Bonchev–Trinajstić information content (AvgIpc) is 2.88. The Bertz CT molecular complexity index is 1260. The van der Waals surface area contributed by atoms with Gasteiger partial charge in [-0.15, -0.1) is 0 Å². The van der Waals surface area contributed by atoms with Crippen molar-refractivity contribution in [1.29, 1.82) is 0 Å². The molecule has 3 aromatic rings. The summed E-state index contributed by atoms with van der Waals surface area (Å²) in [6, 6.07) is 15.8. The van der Waals surface area contributed by atoms with E-state index in [9.17, 15) is 23.8 Å². The lowest BCUT2D eigenvalue weighted by atomic mass is 10.0. The smallest absolute Gasteiger partial charge is 0.303 e. The molecule has 0 spiro atoms. The summed E-state index contributed by atoms with van der Waals surface area (Å²) in [4.78, 5) is 10.8. The molecule has 2 unspecified atom stereocenters. The van der Waals surface area contributed by atoms with E-state index in [0.29, 0.717) is 35.9 Å². The SMILES string of the molecule is Cc1cc(-c2ccc(CCC(=O)O)cc2)cc(Cl)c1OCCNCC(O)c1ccc(O)c(N(C)S(=O)[O-])c1. The Morgan fingerprint density at radius 2 is 1.87 bits per heavy atom. The van der Waals surface area contributed by atoms with Gasteiger partial charge in [0, 0.05) is 37.8 Å². The number of aromatic hydroxyl groups is 1. The highest BCUT2D eigenvalue weighted by molar-refractivity contribution is 7.80. The number of hydrogen-bond acceptors (Lipinski definition) is 7. The van der Waals surface area contributed by atoms with Crippen LogP contribution >= 0.6 is 11.6 Å². The van der Waals surface area contributed by atoms with Crippen LogP contribution in [0.25, 0.3) is 11.1 Å². The van der Waals surface area contributed by atoms with Crippen LogP contribution in [0.5, 0.6) is 11.5 Å². The molecule has 9 nitrogen and oxygen atoms in total. The van der Waals surface area contributed by atoms with Crippen molar-refractivity contribution in [1.82, 2.24) is 5.32 Å². The second-order valence-electron chi connectivity index (χ2n) is 8.73. The number of phenols is 1. The van der Waals surface area contributed by atoms with E-state index in [1.807, 2.05) is 43.3 Å². The van der Waals surface area contributed by atoms with Crippen molar-refractivity contribution in [3.8, 4) is 22.6 Å². The topological polar surface area (TPSA) is 142 Å². The lowest BCUT2D eigenvalue weighted by Crippen LogP contribution is -2.26.